The molecule has 0 bridgehead atoms. The predicted molar refractivity (Wildman–Crippen MR) is 182 cm³/mol. The highest BCUT2D eigenvalue weighted by molar-refractivity contribution is 6.27. The molecule has 2 heterocycles. The average Bonchev–Trinajstić information content (AvgIpc) is 3.70. The topological polar surface area (TPSA) is 158 Å². The van der Waals surface area contributed by atoms with Gasteiger partial charge in [0.25, 0.3) is 0 Å². The molecule has 0 atom stereocenters. The molecule has 0 fully saturated rings. The fourth-order valence-electron chi connectivity index (χ4n) is 3.77. The summed E-state index contributed by atoms with van der Waals surface area (Å²) in [6, 6.07) is 21.7. The van der Waals surface area contributed by atoms with Gasteiger partial charge in [-0.25, -0.2) is 23.1 Å². The quantitative estimate of drug-likeness (QED) is 0.128. The number of aryl methyl sites for hydroxylation is 2. The van der Waals surface area contributed by atoms with Crippen molar-refractivity contribution in [2.75, 3.05) is 5.88 Å². The first-order valence-corrected chi connectivity index (χ1v) is 14.8. The molecule has 0 unspecified atom stereocenters. The largest absolute Gasteiger partial charge is 0.481 e. The molecule has 5 rings (SSSR count). The van der Waals surface area contributed by atoms with Crippen LogP contribution in [0.2, 0.25) is 0 Å². The van der Waals surface area contributed by atoms with Crippen molar-refractivity contribution < 1.29 is 28.3 Å². The van der Waals surface area contributed by atoms with E-state index < -0.39 is 11.9 Å². The lowest BCUT2D eigenvalue weighted by atomic mass is 10.1. The molecule has 0 aliphatic rings. The highest BCUT2D eigenvalue weighted by Crippen LogP contribution is 2.21. The Labute approximate surface area is 283 Å². The molecule has 48 heavy (non-hydrogen) atoms. The number of rotatable bonds is 8. The van der Waals surface area contributed by atoms with E-state index in [0.717, 1.165) is 39.2 Å². The van der Waals surface area contributed by atoms with Gasteiger partial charge in [-0.15, -0.1) is 11.6 Å². The van der Waals surface area contributed by atoms with Crippen LogP contribution >= 0.6 is 11.6 Å². The highest BCUT2D eigenvalue weighted by Gasteiger charge is 2.08. The standard InChI is InChI=1S/C12H10N2O.C12H11NO3.C9H8N2O.C3H5ClO/c1-9-8-15-12(14-9)11-5-3-4-10(6-11)7-13-2;1-8-7-16-12(13-8)10-4-2-3-9(5-10)6-11(14)15;1-11-6-7-3-2-4-8(5-7)9(10)12;1-3(5)2-4/h3-6,8H,7H2,1H3;2-5,7H,6H2,1H3,(H,14,15);2-5H,6H2,(H2,10,12);2H2,1H3. The number of carbonyl (C=O) groups excluding carboxylic acids is 2. The first-order chi connectivity index (χ1) is 22.9. The number of hydrogen-bond donors (Lipinski definition) is 2. The third-order valence-electron chi connectivity index (χ3n) is 5.86. The molecule has 0 saturated heterocycles. The molecule has 2 aromatic heterocycles. The Balaban J connectivity index is 0.000000236. The molecule has 12 heteroatoms. The summed E-state index contributed by atoms with van der Waals surface area (Å²) in [6.07, 6.45) is 3.20. The molecule has 0 radical (unpaired) electrons. The van der Waals surface area contributed by atoms with Gasteiger partial charge in [0, 0.05) is 27.8 Å². The maximum absolute atomic E-state index is 10.7. The zero-order chi connectivity index (χ0) is 35.5. The van der Waals surface area contributed by atoms with Crippen LogP contribution in [0.15, 0.2) is 94.2 Å². The number of carbonyl (C=O) groups is 3. The number of nitrogens with zero attached hydrogens (tertiary/aromatic N) is 4. The lowest BCUT2D eigenvalue weighted by Gasteiger charge is -1.99. The van der Waals surface area contributed by atoms with Crippen LogP contribution in [0.25, 0.3) is 32.6 Å². The molecule has 11 nitrogen and oxygen atoms in total. The van der Waals surface area contributed by atoms with E-state index in [4.69, 9.17) is 44.4 Å². The van der Waals surface area contributed by atoms with Crippen LogP contribution in [0.1, 0.15) is 45.4 Å². The second-order valence-electron chi connectivity index (χ2n) is 10.1. The molecular weight excluding hydrogens is 634 g/mol. The van der Waals surface area contributed by atoms with E-state index in [1.54, 1.807) is 55.0 Å². The predicted octanol–water partition coefficient (Wildman–Crippen LogP) is 7.37. The summed E-state index contributed by atoms with van der Waals surface area (Å²) in [5.41, 5.74) is 11.4. The highest BCUT2D eigenvalue weighted by atomic mass is 35.5. The van der Waals surface area contributed by atoms with E-state index in [1.165, 1.54) is 6.92 Å². The number of carboxylic acid groups (broad SMARTS) is 1. The number of halogens is 1. The summed E-state index contributed by atoms with van der Waals surface area (Å²) >= 11 is 4.99. The zero-order valence-electron chi connectivity index (χ0n) is 26.6. The molecule has 0 aliphatic heterocycles. The van der Waals surface area contributed by atoms with Gasteiger partial charge in [-0.1, -0.05) is 36.4 Å². The van der Waals surface area contributed by atoms with Crippen molar-refractivity contribution in [3.8, 4) is 22.9 Å². The number of aliphatic carboxylic acids is 1. The molecule has 3 N–H and O–H groups in total. The molecule has 5 aromatic rings. The number of alkyl halides is 1. The van der Waals surface area contributed by atoms with Gasteiger partial charge in [0.15, 0.2) is 0 Å². The van der Waals surface area contributed by atoms with Crippen molar-refractivity contribution in [1.29, 1.82) is 0 Å². The Bertz CT molecular complexity index is 1900. The van der Waals surface area contributed by atoms with Crippen molar-refractivity contribution in [2.24, 2.45) is 5.73 Å². The number of benzene rings is 3. The summed E-state index contributed by atoms with van der Waals surface area (Å²) in [5.74, 6) is -0.0155. The van der Waals surface area contributed by atoms with Gasteiger partial charge in [-0.2, -0.15) is 0 Å². The van der Waals surface area contributed by atoms with Gasteiger partial charge < -0.3 is 29.4 Å². The maximum atomic E-state index is 10.7. The van der Waals surface area contributed by atoms with Crippen molar-refractivity contribution in [2.45, 2.75) is 40.3 Å². The summed E-state index contributed by atoms with van der Waals surface area (Å²) < 4.78 is 10.5. The van der Waals surface area contributed by atoms with Gasteiger partial charge in [-0.3, -0.25) is 14.4 Å². The van der Waals surface area contributed by atoms with E-state index in [2.05, 4.69) is 19.7 Å². The summed E-state index contributed by atoms with van der Waals surface area (Å²) in [4.78, 5) is 45.9. The fraction of sp³-hybridized carbons (Fsp3) is 0.194. The van der Waals surface area contributed by atoms with Crippen LogP contribution < -0.4 is 5.73 Å². The SMILES string of the molecule is CC(=O)CCl.Cc1coc(-c2cccc(CC(=O)O)c2)n1.[C-]#[N+]Cc1cccc(-c2nc(C)co2)c1.[C-]#[N+]Cc1cccc(C(N)=O)c1. The number of amides is 1. The van der Waals surface area contributed by atoms with E-state index in [-0.39, 0.29) is 18.1 Å². The van der Waals surface area contributed by atoms with Crippen molar-refractivity contribution in [1.82, 2.24) is 9.97 Å². The Morgan fingerprint density at radius 3 is 1.62 bits per heavy atom. The third-order valence-corrected chi connectivity index (χ3v) is 6.24. The first-order valence-electron chi connectivity index (χ1n) is 14.3. The van der Waals surface area contributed by atoms with Gasteiger partial charge in [0.2, 0.25) is 30.8 Å². The lowest BCUT2D eigenvalue weighted by molar-refractivity contribution is -0.136. The summed E-state index contributed by atoms with van der Waals surface area (Å²) in [5, 5.41) is 8.69. The minimum absolute atomic E-state index is 0.00747. The number of oxazole rings is 2. The van der Waals surface area contributed by atoms with Crippen molar-refractivity contribution >= 4 is 29.3 Å². The molecule has 0 aliphatic carbocycles. The summed E-state index contributed by atoms with van der Waals surface area (Å²) in [6.45, 7) is 19.3. The molecule has 0 saturated carbocycles. The van der Waals surface area contributed by atoms with Gasteiger partial charge in [0.05, 0.1) is 23.7 Å². The van der Waals surface area contributed by atoms with E-state index in [1.807, 2.05) is 44.2 Å². The first kappa shape index (κ1) is 38.1. The minimum atomic E-state index is -0.847. The van der Waals surface area contributed by atoms with Crippen LogP contribution in [-0.2, 0) is 29.1 Å². The van der Waals surface area contributed by atoms with Crippen molar-refractivity contribution in [3.05, 3.63) is 142 Å². The van der Waals surface area contributed by atoms with E-state index >= 15 is 0 Å². The number of aromatic nitrogens is 2. The second kappa shape index (κ2) is 20.2. The van der Waals surface area contributed by atoms with Gasteiger partial charge in [0.1, 0.15) is 18.3 Å². The Kier molecular flexibility index (Phi) is 16.0. The molecule has 0 spiro atoms. The van der Waals surface area contributed by atoms with Crippen LogP contribution in [-0.4, -0.2) is 38.6 Å². The Morgan fingerprint density at radius 1 is 0.792 bits per heavy atom. The summed E-state index contributed by atoms with van der Waals surface area (Å²) in [7, 11) is 0. The van der Waals surface area contributed by atoms with Crippen LogP contribution in [0.3, 0.4) is 0 Å². The molecule has 246 valence electrons. The van der Waals surface area contributed by atoms with Crippen LogP contribution in [0.5, 0.6) is 0 Å². The number of ketones is 1. The average molecular weight is 668 g/mol. The van der Waals surface area contributed by atoms with E-state index in [9.17, 15) is 14.4 Å². The molecule has 3 aromatic carbocycles. The minimum Gasteiger partial charge on any atom is -0.481 e. The number of hydrogen-bond acceptors (Lipinski definition) is 7. The molecular formula is C36H34ClN5O6. The van der Waals surface area contributed by atoms with E-state index in [0.29, 0.717) is 30.4 Å². The van der Waals surface area contributed by atoms with Gasteiger partial charge in [-0.05, 0) is 62.7 Å². The smallest absolute Gasteiger partial charge is 0.307 e. The number of carboxylic acids is 1. The number of nitrogens with two attached hydrogens (primary N) is 1. The Morgan fingerprint density at radius 2 is 1.23 bits per heavy atom. The number of primary amides is 1. The monoisotopic (exact) mass is 667 g/mol. The normalized spacial score (nSPS) is 9.54. The fourth-order valence-corrected chi connectivity index (χ4v) is 3.77. The van der Waals surface area contributed by atoms with Crippen LogP contribution in [0.4, 0.5) is 0 Å². The maximum Gasteiger partial charge on any atom is 0.307 e. The Hall–Kier alpha value is -6.04. The lowest BCUT2D eigenvalue weighted by Crippen LogP contribution is -2.10. The van der Waals surface area contributed by atoms with Gasteiger partial charge >= 0.3 is 5.97 Å². The number of Topliss-reactive ketones (excluding diaryl/α,β-unsaturated/α-hetero) is 1. The van der Waals surface area contributed by atoms with Crippen molar-refractivity contribution in [3.63, 3.8) is 0 Å². The van der Waals surface area contributed by atoms with Crippen LogP contribution in [0, 0.1) is 27.0 Å². The second-order valence-corrected chi connectivity index (χ2v) is 10.4. The third kappa shape index (κ3) is 13.9. The zero-order valence-corrected chi connectivity index (χ0v) is 27.4. The molecule has 1 amide bonds.